The van der Waals surface area contributed by atoms with E-state index < -0.39 is 0 Å². The van der Waals surface area contributed by atoms with Crippen molar-refractivity contribution in [2.24, 2.45) is 4.99 Å². The molecule has 0 radical (unpaired) electrons. The predicted molar refractivity (Wildman–Crippen MR) is 103 cm³/mol. The van der Waals surface area contributed by atoms with Gasteiger partial charge in [-0.1, -0.05) is 30.3 Å². The van der Waals surface area contributed by atoms with Crippen molar-refractivity contribution in [2.45, 2.75) is 57.5 Å². The summed E-state index contributed by atoms with van der Waals surface area (Å²) >= 11 is 0. The lowest BCUT2D eigenvalue weighted by atomic mass is 9.96. The number of aliphatic imine (C=N–C) groups is 1. The van der Waals surface area contributed by atoms with Gasteiger partial charge in [-0.2, -0.15) is 0 Å². The highest BCUT2D eigenvalue weighted by molar-refractivity contribution is 5.79. The van der Waals surface area contributed by atoms with Crippen LogP contribution in [0.4, 0.5) is 0 Å². The summed E-state index contributed by atoms with van der Waals surface area (Å²) in [6.45, 7) is 5.46. The number of nitrogens with zero attached hydrogens (tertiary/aromatic N) is 4. The number of guanidine groups is 1. The highest BCUT2D eigenvalue weighted by Gasteiger charge is 2.44. The Kier molecular flexibility index (Phi) is 4.91. The second-order valence-corrected chi connectivity index (χ2v) is 7.34. The Labute approximate surface area is 155 Å². The SMILES string of the molecule is CCNC(=NCc1nnc2n1CCCC2)NCC1(c2ccccc2)CC1. The van der Waals surface area contributed by atoms with Gasteiger partial charge < -0.3 is 15.2 Å². The minimum atomic E-state index is 0.269. The molecule has 1 aromatic carbocycles. The van der Waals surface area contributed by atoms with Gasteiger partial charge in [0.25, 0.3) is 0 Å². The molecule has 0 spiro atoms. The summed E-state index contributed by atoms with van der Waals surface area (Å²) in [6.07, 6.45) is 5.93. The minimum Gasteiger partial charge on any atom is -0.357 e. The van der Waals surface area contributed by atoms with Crippen LogP contribution in [-0.2, 0) is 24.9 Å². The molecule has 0 unspecified atom stereocenters. The molecule has 4 rings (SSSR count). The second-order valence-electron chi connectivity index (χ2n) is 7.34. The molecule has 1 saturated carbocycles. The molecule has 2 aromatic rings. The highest BCUT2D eigenvalue weighted by atomic mass is 15.3. The van der Waals surface area contributed by atoms with Crippen LogP contribution in [0.1, 0.15) is 49.8 Å². The molecule has 6 heteroatoms. The van der Waals surface area contributed by atoms with E-state index in [0.717, 1.165) is 43.7 Å². The molecule has 0 bridgehead atoms. The number of rotatable bonds is 6. The van der Waals surface area contributed by atoms with Crippen LogP contribution in [0.5, 0.6) is 0 Å². The van der Waals surface area contributed by atoms with Crippen LogP contribution >= 0.6 is 0 Å². The molecule has 1 aliphatic heterocycles. The van der Waals surface area contributed by atoms with E-state index in [1.807, 2.05) is 0 Å². The average Bonchev–Trinajstić information content (AvgIpc) is 3.38. The van der Waals surface area contributed by atoms with Gasteiger partial charge in [0.15, 0.2) is 11.8 Å². The fourth-order valence-corrected chi connectivity index (χ4v) is 3.74. The van der Waals surface area contributed by atoms with Crippen molar-refractivity contribution < 1.29 is 0 Å². The van der Waals surface area contributed by atoms with Crippen molar-refractivity contribution in [3.05, 3.63) is 47.5 Å². The van der Waals surface area contributed by atoms with Crippen molar-refractivity contribution in [3.8, 4) is 0 Å². The van der Waals surface area contributed by atoms with Gasteiger partial charge in [-0.25, -0.2) is 4.99 Å². The maximum absolute atomic E-state index is 4.76. The zero-order valence-electron chi connectivity index (χ0n) is 15.5. The van der Waals surface area contributed by atoms with Crippen LogP contribution < -0.4 is 10.6 Å². The van der Waals surface area contributed by atoms with Gasteiger partial charge in [0.2, 0.25) is 0 Å². The van der Waals surface area contributed by atoms with E-state index in [-0.39, 0.29) is 5.41 Å². The average molecular weight is 352 g/mol. The standard InChI is InChI=1S/C20H28N6/c1-2-21-19(22-14-18-25-24-17-10-6-7-13-26(17)18)23-15-20(11-12-20)16-8-4-3-5-9-16/h3-5,8-9H,2,6-7,10-15H2,1H3,(H2,21,22,23). The van der Waals surface area contributed by atoms with E-state index in [9.17, 15) is 0 Å². The Morgan fingerprint density at radius 2 is 2.00 bits per heavy atom. The number of benzene rings is 1. The van der Waals surface area contributed by atoms with Crippen molar-refractivity contribution in [1.29, 1.82) is 0 Å². The fraction of sp³-hybridized carbons (Fsp3) is 0.550. The first-order valence-corrected chi connectivity index (χ1v) is 9.79. The third kappa shape index (κ3) is 3.59. The van der Waals surface area contributed by atoms with Gasteiger partial charge >= 0.3 is 0 Å². The lowest BCUT2D eigenvalue weighted by Gasteiger charge is -2.19. The molecule has 0 atom stereocenters. The molecule has 0 saturated heterocycles. The topological polar surface area (TPSA) is 67.1 Å². The monoisotopic (exact) mass is 352 g/mol. The molecule has 1 aliphatic carbocycles. The first-order chi connectivity index (χ1) is 12.8. The number of hydrogen-bond donors (Lipinski definition) is 2. The molecule has 6 nitrogen and oxygen atoms in total. The Morgan fingerprint density at radius 3 is 2.77 bits per heavy atom. The van der Waals surface area contributed by atoms with E-state index in [1.54, 1.807) is 0 Å². The number of aryl methyl sites for hydroxylation is 1. The van der Waals surface area contributed by atoms with Crippen molar-refractivity contribution >= 4 is 5.96 Å². The molecule has 2 N–H and O–H groups in total. The van der Waals surface area contributed by atoms with E-state index in [0.29, 0.717) is 6.54 Å². The van der Waals surface area contributed by atoms with Crippen LogP contribution in [0.2, 0.25) is 0 Å². The summed E-state index contributed by atoms with van der Waals surface area (Å²) in [7, 11) is 0. The molecule has 1 aromatic heterocycles. The normalized spacial score (nSPS) is 18.3. The van der Waals surface area contributed by atoms with Gasteiger partial charge in [0.1, 0.15) is 12.4 Å². The summed E-state index contributed by atoms with van der Waals surface area (Å²) in [6, 6.07) is 10.8. The number of nitrogens with one attached hydrogen (secondary N) is 2. The summed E-state index contributed by atoms with van der Waals surface area (Å²) in [4.78, 5) is 4.76. The van der Waals surface area contributed by atoms with Crippen LogP contribution in [-0.4, -0.2) is 33.8 Å². The van der Waals surface area contributed by atoms with Gasteiger partial charge in [-0.05, 0) is 38.2 Å². The summed E-state index contributed by atoms with van der Waals surface area (Å²) < 4.78 is 2.24. The van der Waals surface area contributed by atoms with Gasteiger partial charge in [-0.15, -0.1) is 10.2 Å². The third-order valence-electron chi connectivity index (χ3n) is 5.49. The smallest absolute Gasteiger partial charge is 0.191 e. The first-order valence-electron chi connectivity index (χ1n) is 9.79. The largest absolute Gasteiger partial charge is 0.357 e. The quantitative estimate of drug-likeness (QED) is 0.619. The summed E-state index contributed by atoms with van der Waals surface area (Å²) in [5.74, 6) is 2.95. The summed E-state index contributed by atoms with van der Waals surface area (Å²) in [5.41, 5.74) is 1.70. The maximum Gasteiger partial charge on any atom is 0.191 e. The van der Waals surface area contributed by atoms with Crippen molar-refractivity contribution in [3.63, 3.8) is 0 Å². The zero-order valence-corrected chi connectivity index (χ0v) is 15.5. The van der Waals surface area contributed by atoms with Crippen LogP contribution in [0.15, 0.2) is 35.3 Å². The Balaban J connectivity index is 1.41. The van der Waals surface area contributed by atoms with Gasteiger partial charge in [0, 0.05) is 31.5 Å². The van der Waals surface area contributed by atoms with Crippen LogP contribution in [0, 0.1) is 0 Å². The van der Waals surface area contributed by atoms with Crippen molar-refractivity contribution in [2.75, 3.05) is 13.1 Å². The lowest BCUT2D eigenvalue weighted by Crippen LogP contribution is -2.41. The van der Waals surface area contributed by atoms with E-state index >= 15 is 0 Å². The van der Waals surface area contributed by atoms with E-state index in [2.05, 4.69) is 62.7 Å². The third-order valence-corrected chi connectivity index (χ3v) is 5.49. The minimum absolute atomic E-state index is 0.269. The fourth-order valence-electron chi connectivity index (χ4n) is 3.74. The molecule has 1 fully saturated rings. The number of fused-ring (bicyclic) bond motifs is 1. The Hall–Kier alpha value is -2.37. The number of hydrogen-bond acceptors (Lipinski definition) is 3. The Bertz CT molecular complexity index is 760. The first kappa shape index (κ1) is 17.1. The molecule has 26 heavy (non-hydrogen) atoms. The molecule has 2 heterocycles. The van der Waals surface area contributed by atoms with Crippen molar-refractivity contribution in [1.82, 2.24) is 25.4 Å². The maximum atomic E-state index is 4.76. The Morgan fingerprint density at radius 1 is 1.15 bits per heavy atom. The van der Waals surface area contributed by atoms with Gasteiger partial charge in [0.05, 0.1) is 0 Å². The zero-order chi connectivity index (χ0) is 17.8. The van der Waals surface area contributed by atoms with E-state index in [1.165, 1.54) is 31.2 Å². The van der Waals surface area contributed by atoms with Crippen LogP contribution in [0.3, 0.4) is 0 Å². The molecule has 0 amide bonds. The summed E-state index contributed by atoms with van der Waals surface area (Å²) in [5, 5.41) is 15.6. The lowest BCUT2D eigenvalue weighted by molar-refractivity contribution is 0.508. The number of aromatic nitrogens is 3. The second kappa shape index (κ2) is 7.48. The highest BCUT2D eigenvalue weighted by Crippen LogP contribution is 2.47. The molecular formula is C20H28N6. The van der Waals surface area contributed by atoms with Gasteiger partial charge in [-0.3, -0.25) is 0 Å². The molecule has 2 aliphatic rings. The van der Waals surface area contributed by atoms with E-state index in [4.69, 9.17) is 4.99 Å². The molecular weight excluding hydrogens is 324 g/mol. The predicted octanol–water partition coefficient (Wildman–Crippen LogP) is 2.40. The van der Waals surface area contributed by atoms with Crippen LogP contribution in [0.25, 0.3) is 0 Å². The molecule has 138 valence electrons.